The van der Waals surface area contributed by atoms with Crippen LogP contribution in [0.3, 0.4) is 0 Å². The second-order valence-corrected chi connectivity index (χ2v) is 4.52. The van der Waals surface area contributed by atoms with Gasteiger partial charge in [0, 0.05) is 0 Å². The summed E-state index contributed by atoms with van der Waals surface area (Å²) in [5.74, 6) is 1.51. The zero-order valence-electron chi connectivity index (χ0n) is 11.4. The maximum atomic E-state index is 13.7. The van der Waals surface area contributed by atoms with Crippen molar-refractivity contribution in [2.75, 3.05) is 7.05 Å². The van der Waals surface area contributed by atoms with Crippen LogP contribution >= 0.6 is 0 Å². The molecule has 1 aromatic heterocycles. The molecular formula is C15H18FNO2. The van der Waals surface area contributed by atoms with Crippen LogP contribution < -0.4 is 10.1 Å². The molecule has 0 aliphatic carbocycles. The summed E-state index contributed by atoms with van der Waals surface area (Å²) in [6.45, 7) is 4.59. The molecule has 0 unspecified atom stereocenters. The monoisotopic (exact) mass is 263 g/mol. The van der Waals surface area contributed by atoms with Crippen LogP contribution in [0.5, 0.6) is 5.75 Å². The molecule has 3 nitrogen and oxygen atoms in total. The zero-order chi connectivity index (χ0) is 13.8. The number of nitrogens with one attached hydrogen (secondary N) is 1. The summed E-state index contributed by atoms with van der Waals surface area (Å²) in [6, 6.07) is 7.02. The van der Waals surface area contributed by atoms with E-state index in [-0.39, 0.29) is 18.2 Å². The van der Waals surface area contributed by atoms with Gasteiger partial charge < -0.3 is 14.5 Å². The third-order valence-corrected chi connectivity index (χ3v) is 2.94. The van der Waals surface area contributed by atoms with Gasteiger partial charge >= 0.3 is 0 Å². The Balaban J connectivity index is 2.06. The minimum atomic E-state index is -0.318. The van der Waals surface area contributed by atoms with Crippen molar-refractivity contribution in [3.05, 3.63) is 52.7 Å². The van der Waals surface area contributed by atoms with E-state index in [1.54, 1.807) is 25.1 Å². The fraction of sp³-hybridized carbons (Fsp3) is 0.333. The first-order chi connectivity index (χ1) is 9.11. The van der Waals surface area contributed by atoms with Crippen LogP contribution in [0.2, 0.25) is 0 Å². The fourth-order valence-electron chi connectivity index (χ4n) is 1.88. The maximum absolute atomic E-state index is 13.7. The van der Waals surface area contributed by atoms with Crippen molar-refractivity contribution in [1.29, 1.82) is 0 Å². The lowest BCUT2D eigenvalue weighted by atomic mass is 10.2. The Bertz CT molecular complexity index is 563. The highest BCUT2D eigenvalue weighted by Crippen LogP contribution is 2.22. The van der Waals surface area contributed by atoms with Crippen LogP contribution in [0, 0.1) is 19.7 Å². The molecule has 4 heteroatoms. The van der Waals surface area contributed by atoms with Gasteiger partial charge in [0.25, 0.3) is 0 Å². The lowest BCUT2D eigenvalue weighted by Gasteiger charge is -2.06. The van der Waals surface area contributed by atoms with Crippen molar-refractivity contribution >= 4 is 0 Å². The zero-order valence-corrected chi connectivity index (χ0v) is 11.4. The first-order valence-corrected chi connectivity index (χ1v) is 6.22. The molecule has 2 aromatic rings. The molecule has 1 N–H and O–H groups in total. The number of ether oxygens (including phenoxy) is 1. The van der Waals surface area contributed by atoms with E-state index in [1.165, 1.54) is 0 Å². The van der Waals surface area contributed by atoms with Gasteiger partial charge in [0.05, 0.1) is 6.54 Å². The quantitative estimate of drug-likeness (QED) is 0.898. The number of aryl methyl sites for hydroxylation is 2. The standard InChI is InChI=1S/C15H18FNO2/c1-10-5-4-6-13(15(10)16)18-9-12-7-11(2)14(19-12)8-17-3/h4-7,17H,8-9H2,1-3H3. The normalized spacial score (nSPS) is 10.7. The van der Waals surface area contributed by atoms with Crippen molar-refractivity contribution in [3.8, 4) is 5.75 Å². The van der Waals surface area contributed by atoms with E-state index in [0.29, 0.717) is 17.9 Å². The molecule has 1 aromatic carbocycles. The summed E-state index contributed by atoms with van der Waals surface area (Å²) in [4.78, 5) is 0. The van der Waals surface area contributed by atoms with Gasteiger partial charge in [-0.3, -0.25) is 0 Å². The summed E-state index contributed by atoms with van der Waals surface area (Å²) in [7, 11) is 1.86. The number of halogens is 1. The van der Waals surface area contributed by atoms with Gasteiger partial charge in [-0.2, -0.15) is 0 Å². The van der Waals surface area contributed by atoms with Gasteiger partial charge in [0.2, 0.25) is 0 Å². The molecule has 2 rings (SSSR count). The minimum absolute atomic E-state index is 0.227. The lowest BCUT2D eigenvalue weighted by molar-refractivity contribution is 0.254. The first kappa shape index (κ1) is 13.6. The average Bonchev–Trinajstić information content (AvgIpc) is 2.73. The summed E-state index contributed by atoms with van der Waals surface area (Å²) in [6.07, 6.45) is 0. The number of hydrogen-bond acceptors (Lipinski definition) is 3. The van der Waals surface area contributed by atoms with Crippen LogP contribution in [0.15, 0.2) is 28.7 Å². The second-order valence-electron chi connectivity index (χ2n) is 4.52. The molecule has 0 aliphatic heterocycles. The topological polar surface area (TPSA) is 34.4 Å². The molecule has 0 saturated heterocycles. The van der Waals surface area contributed by atoms with Crippen molar-refractivity contribution in [1.82, 2.24) is 5.32 Å². The molecule has 0 atom stereocenters. The predicted octanol–water partition coefficient (Wildman–Crippen LogP) is 3.33. The van der Waals surface area contributed by atoms with Gasteiger partial charge in [-0.15, -0.1) is 0 Å². The summed E-state index contributed by atoms with van der Waals surface area (Å²) >= 11 is 0. The van der Waals surface area contributed by atoms with Crippen LogP contribution in [-0.4, -0.2) is 7.05 Å². The predicted molar refractivity (Wildman–Crippen MR) is 71.7 cm³/mol. The minimum Gasteiger partial charge on any atom is -0.483 e. The molecule has 102 valence electrons. The van der Waals surface area contributed by atoms with E-state index in [1.807, 2.05) is 20.0 Å². The van der Waals surface area contributed by atoms with E-state index in [0.717, 1.165) is 11.3 Å². The Labute approximate surface area is 112 Å². The number of rotatable bonds is 5. The van der Waals surface area contributed by atoms with Crippen LogP contribution in [0.4, 0.5) is 4.39 Å². The van der Waals surface area contributed by atoms with Crippen molar-refractivity contribution in [2.45, 2.75) is 27.0 Å². The highest BCUT2D eigenvalue weighted by Gasteiger charge is 2.10. The van der Waals surface area contributed by atoms with Crippen molar-refractivity contribution < 1.29 is 13.5 Å². The SMILES string of the molecule is CNCc1oc(COc2cccc(C)c2F)cc1C. The average molecular weight is 263 g/mol. The first-order valence-electron chi connectivity index (χ1n) is 6.22. The Hall–Kier alpha value is -1.81. The van der Waals surface area contributed by atoms with Gasteiger partial charge in [-0.05, 0) is 44.2 Å². The van der Waals surface area contributed by atoms with Gasteiger partial charge in [-0.25, -0.2) is 4.39 Å². The van der Waals surface area contributed by atoms with Crippen LogP contribution in [0.25, 0.3) is 0 Å². The second kappa shape index (κ2) is 5.89. The highest BCUT2D eigenvalue weighted by atomic mass is 19.1. The van der Waals surface area contributed by atoms with Crippen molar-refractivity contribution in [3.63, 3.8) is 0 Å². The van der Waals surface area contributed by atoms with E-state index in [9.17, 15) is 4.39 Å². The molecule has 0 saturated carbocycles. The third kappa shape index (κ3) is 3.15. The molecule has 0 bridgehead atoms. The van der Waals surface area contributed by atoms with E-state index in [2.05, 4.69) is 5.32 Å². The summed E-state index contributed by atoms with van der Waals surface area (Å²) in [5.41, 5.74) is 1.64. The van der Waals surface area contributed by atoms with Crippen LogP contribution in [-0.2, 0) is 13.2 Å². The molecule has 0 amide bonds. The summed E-state index contributed by atoms with van der Waals surface area (Å²) in [5, 5.41) is 3.03. The lowest BCUT2D eigenvalue weighted by Crippen LogP contribution is -2.04. The molecular weight excluding hydrogens is 245 g/mol. The number of hydrogen-bond donors (Lipinski definition) is 1. The van der Waals surface area contributed by atoms with Crippen molar-refractivity contribution in [2.24, 2.45) is 0 Å². The Morgan fingerprint density at radius 1 is 1.26 bits per heavy atom. The van der Waals surface area contributed by atoms with Gasteiger partial charge in [0.1, 0.15) is 18.1 Å². The highest BCUT2D eigenvalue weighted by molar-refractivity contribution is 5.30. The molecule has 0 spiro atoms. The summed E-state index contributed by atoms with van der Waals surface area (Å²) < 4.78 is 24.8. The Morgan fingerprint density at radius 3 is 2.79 bits per heavy atom. The van der Waals surface area contributed by atoms with Gasteiger partial charge in [-0.1, -0.05) is 12.1 Å². The third-order valence-electron chi connectivity index (χ3n) is 2.94. The van der Waals surface area contributed by atoms with Crippen LogP contribution in [0.1, 0.15) is 22.6 Å². The van der Waals surface area contributed by atoms with E-state index < -0.39 is 0 Å². The van der Waals surface area contributed by atoms with E-state index >= 15 is 0 Å². The number of benzene rings is 1. The number of furan rings is 1. The Morgan fingerprint density at radius 2 is 2.05 bits per heavy atom. The smallest absolute Gasteiger partial charge is 0.167 e. The molecule has 1 heterocycles. The Kier molecular flexibility index (Phi) is 4.22. The largest absolute Gasteiger partial charge is 0.483 e. The molecule has 0 aliphatic rings. The molecule has 0 fully saturated rings. The van der Waals surface area contributed by atoms with E-state index in [4.69, 9.17) is 9.15 Å². The van der Waals surface area contributed by atoms with Gasteiger partial charge in [0.15, 0.2) is 11.6 Å². The molecule has 0 radical (unpaired) electrons. The molecule has 19 heavy (non-hydrogen) atoms. The maximum Gasteiger partial charge on any atom is 0.167 e. The fourth-order valence-corrected chi connectivity index (χ4v) is 1.88.